The molecule has 0 bridgehead atoms. The minimum absolute atomic E-state index is 0. The maximum absolute atomic E-state index is 9.43. The maximum atomic E-state index is 9.43. The molecular weight excluding hydrogens is 158 g/mol. The molecule has 0 aliphatic heterocycles. The summed E-state index contributed by atoms with van der Waals surface area (Å²) in [6.07, 6.45) is 0. The van der Waals surface area contributed by atoms with Crippen LogP contribution >= 0.6 is 20.0 Å². The van der Waals surface area contributed by atoms with E-state index in [1.54, 1.807) is 0 Å². The van der Waals surface area contributed by atoms with Gasteiger partial charge in [-0.05, 0) is 0 Å². The van der Waals surface area contributed by atoms with Crippen molar-refractivity contribution < 1.29 is 24.3 Å². The third-order valence-electron chi connectivity index (χ3n) is 0.249. The van der Waals surface area contributed by atoms with Crippen LogP contribution in [0.25, 0.3) is 0 Å². The van der Waals surface area contributed by atoms with E-state index in [0.29, 0.717) is 0 Å². The summed E-state index contributed by atoms with van der Waals surface area (Å²) in [7, 11) is -4.82. The average molecular weight is 162 g/mol. The predicted molar refractivity (Wildman–Crippen MR) is 27.3 cm³/mol. The van der Waals surface area contributed by atoms with Gasteiger partial charge in [0.15, 0.2) is 0 Å². The highest BCUT2D eigenvalue weighted by Gasteiger charge is 2.23. The van der Waals surface area contributed by atoms with Gasteiger partial charge in [0.05, 0.1) is 0 Å². The topological polar surface area (TPSA) is 94.8 Å². The van der Waals surface area contributed by atoms with Crippen molar-refractivity contribution in [2.75, 3.05) is 0 Å². The lowest BCUT2D eigenvalue weighted by Crippen LogP contribution is -1.90. The fourth-order valence-electron chi connectivity index (χ4n) is 0. The number of hydrogen-bond acceptors (Lipinski definition) is 2. The molecule has 0 heterocycles. The van der Waals surface area contributed by atoms with Gasteiger partial charge >= 0.3 is 13.3 Å². The molecule has 0 fully saturated rings. The molecule has 0 aliphatic rings. The highest BCUT2D eigenvalue weighted by molar-refractivity contribution is 7.69. The van der Waals surface area contributed by atoms with E-state index in [0.717, 1.165) is 0 Å². The zero-order chi connectivity index (χ0) is 6.08. The Balaban J connectivity index is 0. The van der Waals surface area contributed by atoms with Crippen LogP contribution in [0.1, 0.15) is 0 Å². The van der Waals surface area contributed by atoms with Gasteiger partial charge in [0.1, 0.15) is 0 Å². The van der Waals surface area contributed by atoms with Gasteiger partial charge in [-0.15, -0.1) is 12.4 Å². The summed E-state index contributed by atoms with van der Waals surface area (Å²) < 4.78 is 9.43. The summed E-state index contributed by atoms with van der Waals surface area (Å²) in [6.45, 7) is 0. The van der Waals surface area contributed by atoms with Crippen molar-refractivity contribution >= 4 is 25.7 Å². The molecule has 7 heteroatoms. The molecular formula is CH4ClO5P. The van der Waals surface area contributed by atoms with Crippen LogP contribution in [0.2, 0.25) is 0 Å². The van der Waals surface area contributed by atoms with Gasteiger partial charge in [0.2, 0.25) is 0 Å². The molecule has 0 unspecified atom stereocenters. The van der Waals surface area contributed by atoms with Crippen molar-refractivity contribution in [2.24, 2.45) is 0 Å². The molecule has 0 amide bonds. The largest absolute Gasteiger partial charge is 0.472 e. The summed E-state index contributed by atoms with van der Waals surface area (Å²) in [6, 6.07) is 0. The van der Waals surface area contributed by atoms with Crippen molar-refractivity contribution in [3.8, 4) is 0 Å². The lowest BCUT2D eigenvalue weighted by Gasteiger charge is -1.90. The Hall–Kier alpha value is -0.0900. The number of carbonyl (C=O) groups is 1. The second-order valence-electron chi connectivity index (χ2n) is 0.827. The predicted octanol–water partition coefficient (Wildman–Crippen LogP) is 0.264. The number of hydrogen-bond donors (Lipinski definition) is 3. The standard InChI is InChI=1S/CH3O5P.ClH/c2-1(3)7(4,5)6;/h(H,2,3)(H2,4,5,6);1H. The van der Waals surface area contributed by atoms with Crippen molar-refractivity contribution in [3.05, 3.63) is 0 Å². The van der Waals surface area contributed by atoms with E-state index in [1.165, 1.54) is 0 Å². The van der Waals surface area contributed by atoms with Gasteiger partial charge in [-0.2, -0.15) is 0 Å². The van der Waals surface area contributed by atoms with Crippen LogP contribution < -0.4 is 0 Å². The molecule has 0 rings (SSSR count). The van der Waals surface area contributed by atoms with Gasteiger partial charge in [0.25, 0.3) is 0 Å². The lowest BCUT2D eigenvalue weighted by atomic mass is 11.6. The van der Waals surface area contributed by atoms with Gasteiger partial charge in [-0.1, -0.05) is 0 Å². The summed E-state index contributed by atoms with van der Waals surface area (Å²) >= 11 is 0. The summed E-state index contributed by atoms with van der Waals surface area (Å²) in [5.74, 6) is 0. The van der Waals surface area contributed by atoms with Crippen LogP contribution in [0.4, 0.5) is 4.79 Å². The van der Waals surface area contributed by atoms with Crippen molar-refractivity contribution in [2.45, 2.75) is 0 Å². The van der Waals surface area contributed by atoms with Gasteiger partial charge < -0.3 is 14.9 Å². The van der Waals surface area contributed by atoms with Crippen LogP contribution in [0.3, 0.4) is 0 Å². The van der Waals surface area contributed by atoms with E-state index in [1.807, 2.05) is 0 Å². The maximum Gasteiger partial charge on any atom is 0.433 e. The Kier molecular flexibility index (Phi) is 4.11. The van der Waals surface area contributed by atoms with E-state index < -0.39 is 13.3 Å². The molecule has 8 heavy (non-hydrogen) atoms. The Bertz CT molecular complexity index is 124. The first kappa shape index (κ1) is 10.8. The fraction of sp³-hybridized carbons (Fsp3) is 0. The smallest absolute Gasteiger partial charge is 0.433 e. The van der Waals surface area contributed by atoms with Crippen LogP contribution in [0.15, 0.2) is 0 Å². The minimum atomic E-state index is -4.82. The fourth-order valence-corrected chi connectivity index (χ4v) is 0. The number of rotatable bonds is 1. The molecule has 50 valence electrons. The average Bonchev–Trinajstić information content (AvgIpc) is 1.31. The molecule has 0 aromatic heterocycles. The van der Waals surface area contributed by atoms with E-state index >= 15 is 0 Å². The van der Waals surface area contributed by atoms with Crippen LogP contribution in [-0.4, -0.2) is 20.6 Å². The first-order chi connectivity index (χ1) is 2.94. The summed E-state index contributed by atoms with van der Waals surface area (Å²) in [4.78, 5) is 24.5. The second kappa shape index (κ2) is 3.04. The third-order valence-corrected chi connectivity index (χ3v) is 0.748. The molecule has 5 nitrogen and oxygen atoms in total. The minimum Gasteiger partial charge on any atom is -0.472 e. The molecule has 0 radical (unpaired) electrons. The number of halogens is 1. The van der Waals surface area contributed by atoms with Crippen molar-refractivity contribution in [1.82, 2.24) is 0 Å². The normalized spacial score (nSPS) is 9.75. The first-order valence-electron chi connectivity index (χ1n) is 1.23. The van der Waals surface area contributed by atoms with E-state index in [4.69, 9.17) is 14.9 Å². The van der Waals surface area contributed by atoms with Gasteiger partial charge in [-0.25, -0.2) is 9.36 Å². The zero-order valence-corrected chi connectivity index (χ0v) is 5.22. The Labute approximate surface area is 50.9 Å². The van der Waals surface area contributed by atoms with E-state index in [-0.39, 0.29) is 12.4 Å². The SMILES string of the molecule is Cl.O=C(O)P(=O)(O)O. The second-order valence-corrected chi connectivity index (χ2v) is 2.30. The monoisotopic (exact) mass is 162 g/mol. The lowest BCUT2D eigenvalue weighted by molar-refractivity contribution is 0.208. The molecule has 0 saturated heterocycles. The Morgan fingerprint density at radius 2 is 1.50 bits per heavy atom. The first-order valence-corrected chi connectivity index (χ1v) is 2.85. The molecule has 0 aromatic carbocycles. The zero-order valence-electron chi connectivity index (χ0n) is 3.51. The highest BCUT2D eigenvalue weighted by Crippen LogP contribution is 2.34. The Morgan fingerprint density at radius 3 is 1.50 bits per heavy atom. The highest BCUT2D eigenvalue weighted by atomic mass is 35.5. The van der Waals surface area contributed by atoms with Crippen molar-refractivity contribution in [1.29, 1.82) is 0 Å². The van der Waals surface area contributed by atoms with Gasteiger partial charge in [-0.3, -0.25) is 0 Å². The van der Waals surface area contributed by atoms with Gasteiger partial charge in [0, 0.05) is 0 Å². The molecule has 0 saturated carbocycles. The molecule has 3 N–H and O–H groups in total. The van der Waals surface area contributed by atoms with Crippen LogP contribution in [-0.2, 0) is 4.57 Å². The van der Waals surface area contributed by atoms with Crippen molar-refractivity contribution in [3.63, 3.8) is 0 Å². The molecule has 0 aromatic rings. The summed E-state index contributed by atoms with van der Waals surface area (Å²) in [5.41, 5.74) is -2.09. The molecule has 0 atom stereocenters. The van der Waals surface area contributed by atoms with E-state index in [2.05, 4.69) is 0 Å². The van der Waals surface area contributed by atoms with Crippen LogP contribution in [0, 0.1) is 0 Å². The van der Waals surface area contributed by atoms with E-state index in [9.17, 15) is 9.36 Å². The molecule has 0 aliphatic carbocycles. The molecule has 0 spiro atoms. The van der Waals surface area contributed by atoms with Crippen LogP contribution in [0.5, 0.6) is 0 Å². The Morgan fingerprint density at radius 1 is 1.38 bits per heavy atom. The number of carboxylic acid groups (broad SMARTS) is 1. The third kappa shape index (κ3) is 4.08. The summed E-state index contributed by atoms with van der Waals surface area (Å²) in [5, 5.41) is 7.49. The quantitative estimate of drug-likeness (QED) is 0.481.